The van der Waals surface area contributed by atoms with Crippen molar-refractivity contribution in [2.75, 3.05) is 13.6 Å². The Bertz CT molecular complexity index is 774. The number of hydrogen-bond acceptors (Lipinski definition) is 3. The highest BCUT2D eigenvalue weighted by atomic mass is 16.6. The minimum atomic E-state index is -0.385. The molecular weight excluding hydrogens is 340 g/mol. The molecule has 0 saturated heterocycles. The summed E-state index contributed by atoms with van der Waals surface area (Å²) in [6.45, 7) is 2.55. The molecule has 0 heterocycles. The summed E-state index contributed by atoms with van der Waals surface area (Å²) < 4.78 is 5.51. The lowest BCUT2D eigenvalue weighted by Crippen LogP contribution is -2.38. The number of ether oxygens (including phenoxy) is 1. The molecule has 2 atom stereocenters. The third-order valence-electron chi connectivity index (χ3n) is 5.13. The zero-order valence-electron chi connectivity index (χ0n) is 15.9. The lowest BCUT2D eigenvalue weighted by Gasteiger charge is -2.23. The molecule has 0 radical (unpaired) electrons. The van der Waals surface area contributed by atoms with Crippen LogP contribution < -0.4 is 10.1 Å². The summed E-state index contributed by atoms with van der Waals surface area (Å²) in [4.78, 5) is 26.1. The molecule has 1 aliphatic rings. The first-order valence-electron chi connectivity index (χ1n) is 9.46. The van der Waals surface area contributed by atoms with Crippen LogP contribution in [0.4, 0.5) is 4.79 Å². The minimum Gasteiger partial charge on any atom is -0.410 e. The van der Waals surface area contributed by atoms with E-state index in [9.17, 15) is 9.59 Å². The van der Waals surface area contributed by atoms with Gasteiger partial charge in [-0.05, 0) is 49.4 Å². The summed E-state index contributed by atoms with van der Waals surface area (Å²) >= 11 is 0. The first-order chi connectivity index (χ1) is 13.1. The Hall–Kier alpha value is -2.82. The van der Waals surface area contributed by atoms with Gasteiger partial charge in [-0.3, -0.25) is 4.79 Å². The van der Waals surface area contributed by atoms with Crippen LogP contribution in [-0.2, 0) is 4.79 Å². The number of carbonyl (C=O) groups excluding carboxylic acids is 2. The van der Waals surface area contributed by atoms with Gasteiger partial charge in [-0.25, -0.2) is 4.79 Å². The fourth-order valence-corrected chi connectivity index (χ4v) is 3.53. The van der Waals surface area contributed by atoms with E-state index in [1.54, 1.807) is 24.1 Å². The van der Waals surface area contributed by atoms with Gasteiger partial charge in [0.1, 0.15) is 5.75 Å². The van der Waals surface area contributed by atoms with Crippen molar-refractivity contribution in [3.8, 4) is 16.9 Å². The topological polar surface area (TPSA) is 58.6 Å². The molecule has 2 aromatic carbocycles. The normalized spacial score (nSPS) is 18.7. The highest BCUT2D eigenvalue weighted by Crippen LogP contribution is 2.30. The number of hydrogen-bond donors (Lipinski definition) is 1. The molecule has 0 aromatic heterocycles. The molecule has 1 fully saturated rings. The average molecular weight is 366 g/mol. The molecule has 2 amide bonds. The van der Waals surface area contributed by atoms with E-state index >= 15 is 0 Å². The number of benzene rings is 2. The predicted octanol–water partition coefficient (Wildman–Crippen LogP) is 4.09. The van der Waals surface area contributed by atoms with Gasteiger partial charge in [0.15, 0.2) is 0 Å². The molecule has 5 nitrogen and oxygen atoms in total. The fourth-order valence-electron chi connectivity index (χ4n) is 3.53. The second-order valence-electron chi connectivity index (χ2n) is 6.93. The van der Waals surface area contributed by atoms with Crippen molar-refractivity contribution in [2.24, 2.45) is 5.92 Å². The Labute approximate surface area is 160 Å². The van der Waals surface area contributed by atoms with Crippen LogP contribution >= 0.6 is 0 Å². The van der Waals surface area contributed by atoms with E-state index in [1.807, 2.05) is 49.4 Å². The summed E-state index contributed by atoms with van der Waals surface area (Å²) in [7, 11) is 1.74. The summed E-state index contributed by atoms with van der Waals surface area (Å²) in [5, 5.41) is 2.86. The van der Waals surface area contributed by atoms with Crippen molar-refractivity contribution in [1.82, 2.24) is 10.2 Å². The van der Waals surface area contributed by atoms with Gasteiger partial charge in [0.2, 0.25) is 5.91 Å². The first-order valence-corrected chi connectivity index (χ1v) is 9.46. The Morgan fingerprint density at radius 2 is 1.70 bits per heavy atom. The van der Waals surface area contributed by atoms with Gasteiger partial charge in [0.25, 0.3) is 0 Å². The van der Waals surface area contributed by atoms with Crippen LogP contribution in [0.3, 0.4) is 0 Å². The molecule has 0 spiro atoms. The van der Waals surface area contributed by atoms with Gasteiger partial charge < -0.3 is 15.0 Å². The molecule has 1 aliphatic carbocycles. The van der Waals surface area contributed by atoms with E-state index in [4.69, 9.17) is 4.74 Å². The van der Waals surface area contributed by atoms with Crippen molar-refractivity contribution in [3.05, 3.63) is 54.6 Å². The van der Waals surface area contributed by atoms with Gasteiger partial charge >= 0.3 is 6.09 Å². The third-order valence-corrected chi connectivity index (χ3v) is 5.13. The predicted molar refractivity (Wildman–Crippen MR) is 105 cm³/mol. The summed E-state index contributed by atoms with van der Waals surface area (Å²) in [6.07, 6.45) is 1.92. The second kappa shape index (κ2) is 8.71. The van der Waals surface area contributed by atoms with Crippen LogP contribution in [0.15, 0.2) is 54.6 Å². The van der Waals surface area contributed by atoms with Gasteiger partial charge in [-0.1, -0.05) is 42.5 Å². The van der Waals surface area contributed by atoms with Crippen molar-refractivity contribution in [1.29, 1.82) is 0 Å². The summed E-state index contributed by atoms with van der Waals surface area (Å²) in [5.74, 6) is 0.582. The Morgan fingerprint density at radius 1 is 1.04 bits per heavy atom. The van der Waals surface area contributed by atoms with E-state index in [1.165, 1.54) is 0 Å². The van der Waals surface area contributed by atoms with Crippen LogP contribution in [0.25, 0.3) is 11.1 Å². The summed E-state index contributed by atoms with van der Waals surface area (Å²) in [5.41, 5.74) is 2.19. The van der Waals surface area contributed by atoms with E-state index in [2.05, 4.69) is 5.32 Å². The largest absolute Gasteiger partial charge is 0.415 e. The van der Waals surface area contributed by atoms with Crippen LogP contribution in [0, 0.1) is 5.92 Å². The molecule has 1 saturated carbocycles. The standard InChI is InChI=1S/C22H26N2O3/c1-3-23-21(25)18-9-12-19(15-18)24(2)22(26)27-20-13-10-17(11-14-20)16-7-5-4-6-8-16/h4-8,10-11,13-14,18-19H,3,9,12,15H2,1-2H3,(H,23,25)/t18-,19+/m0/s1. The number of carbonyl (C=O) groups is 2. The van der Waals surface area contributed by atoms with Crippen molar-refractivity contribution in [2.45, 2.75) is 32.2 Å². The molecule has 3 rings (SSSR count). The van der Waals surface area contributed by atoms with Gasteiger partial charge in [-0.15, -0.1) is 0 Å². The van der Waals surface area contributed by atoms with E-state index in [0.29, 0.717) is 18.7 Å². The lowest BCUT2D eigenvalue weighted by atomic mass is 10.1. The SMILES string of the molecule is CCNC(=O)[C@H]1CC[C@@H](N(C)C(=O)Oc2ccc(-c3ccccc3)cc2)C1. The van der Waals surface area contributed by atoms with E-state index in [0.717, 1.165) is 24.0 Å². The maximum absolute atomic E-state index is 12.5. The number of rotatable bonds is 5. The highest BCUT2D eigenvalue weighted by molar-refractivity contribution is 5.79. The lowest BCUT2D eigenvalue weighted by molar-refractivity contribution is -0.124. The quantitative estimate of drug-likeness (QED) is 0.867. The molecule has 2 aromatic rings. The molecule has 0 bridgehead atoms. The molecule has 27 heavy (non-hydrogen) atoms. The monoisotopic (exact) mass is 366 g/mol. The summed E-state index contributed by atoms with van der Waals surface area (Å²) in [6, 6.07) is 17.6. The van der Waals surface area contributed by atoms with Gasteiger partial charge in [0, 0.05) is 25.6 Å². The van der Waals surface area contributed by atoms with Gasteiger partial charge in [-0.2, -0.15) is 0 Å². The van der Waals surface area contributed by atoms with Crippen molar-refractivity contribution >= 4 is 12.0 Å². The van der Waals surface area contributed by atoms with Crippen molar-refractivity contribution < 1.29 is 14.3 Å². The van der Waals surface area contributed by atoms with Crippen LogP contribution in [-0.4, -0.2) is 36.5 Å². The highest BCUT2D eigenvalue weighted by Gasteiger charge is 2.34. The molecule has 0 unspecified atom stereocenters. The number of amides is 2. The zero-order valence-corrected chi connectivity index (χ0v) is 15.9. The smallest absolute Gasteiger partial charge is 0.410 e. The Balaban J connectivity index is 1.56. The Kier molecular flexibility index (Phi) is 6.12. The average Bonchev–Trinajstić information content (AvgIpc) is 3.19. The second-order valence-corrected chi connectivity index (χ2v) is 6.93. The van der Waals surface area contributed by atoms with E-state index in [-0.39, 0.29) is 24.0 Å². The maximum atomic E-state index is 12.5. The fraction of sp³-hybridized carbons (Fsp3) is 0.364. The number of nitrogens with zero attached hydrogens (tertiary/aromatic N) is 1. The van der Waals surface area contributed by atoms with Gasteiger partial charge in [0.05, 0.1) is 0 Å². The van der Waals surface area contributed by atoms with Crippen LogP contribution in [0.2, 0.25) is 0 Å². The zero-order chi connectivity index (χ0) is 19.2. The Morgan fingerprint density at radius 3 is 2.37 bits per heavy atom. The molecular formula is C22H26N2O3. The van der Waals surface area contributed by atoms with E-state index < -0.39 is 0 Å². The van der Waals surface area contributed by atoms with Crippen LogP contribution in [0.1, 0.15) is 26.2 Å². The first kappa shape index (κ1) is 19.0. The molecule has 1 N–H and O–H groups in total. The van der Waals surface area contributed by atoms with Crippen LogP contribution in [0.5, 0.6) is 5.75 Å². The minimum absolute atomic E-state index is 0.0182. The number of nitrogens with one attached hydrogen (secondary N) is 1. The maximum Gasteiger partial charge on any atom is 0.415 e. The molecule has 142 valence electrons. The van der Waals surface area contributed by atoms with Crippen molar-refractivity contribution in [3.63, 3.8) is 0 Å². The molecule has 5 heteroatoms. The third kappa shape index (κ3) is 4.67. The molecule has 0 aliphatic heterocycles.